The van der Waals surface area contributed by atoms with E-state index in [0.29, 0.717) is 11.8 Å². The Hall–Kier alpha value is -0.960. The van der Waals surface area contributed by atoms with Gasteiger partial charge >= 0.3 is 0 Å². The van der Waals surface area contributed by atoms with Crippen LogP contribution in [0.3, 0.4) is 0 Å². The van der Waals surface area contributed by atoms with E-state index in [-0.39, 0.29) is 0 Å². The molecule has 3 nitrogen and oxygen atoms in total. The van der Waals surface area contributed by atoms with Crippen LogP contribution in [0, 0.1) is 0 Å². The van der Waals surface area contributed by atoms with Crippen molar-refractivity contribution < 1.29 is 0 Å². The number of rotatable bonds is 5. The average Bonchev–Trinajstić information content (AvgIpc) is 2.25. The third-order valence-corrected chi connectivity index (χ3v) is 2.59. The highest BCUT2D eigenvalue weighted by molar-refractivity contribution is 5.17. The molecule has 16 heavy (non-hydrogen) atoms. The van der Waals surface area contributed by atoms with Crippen molar-refractivity contribution in [3.63, 3.8) is 0 Å². The third-order valence-electron chi connectivity index (χ3n) is 2.59. The Kier molecular flexibility index (Phi) is 4.87. The lowest BCUT2D eigenvalue weighted by atomic mass is 10.0. The van der Waals surface area contributed by atoms with Crippen LogP contribution in [0.2, 0.25) is 0 Å². The highest BCUT2D eigenvalue weighted by Gasteiger charge is 2.09. The number of nitrogens with one attached hydrogen (secondary N) is 1. The van der Waals surface area contributed by atoms with Gasteiger partial charge in [-0.15, -0.1) is 0 Å². The van der Waals surface area contributed by atoms with E-state index < -0.39 is 0 Å². The Morgan fingerprint density at radius 3 is 1.94 bits per heavy atom. The summed E-state index contributed by atoms with van der Waals surface area (Å²) in [7, 11) is 1.95. The smallest absolute Gasteiger partial charge is 0.130 e. The van der Waals surface area contributed by atoms with Gasteiger partial charge in [0.1, 0.15) is 5.82 Å². The number of nitrogens with zero attached hydrogens (tertiary/aromatic N) is 2. The number of hydrogen-bond acceptors (Lipinski definition) is 3. The summed E-state index contributed by atoms with van der Waals surface area (Å²) in [5.74, 6) is 1.90. The van der Waals surface area contributed by atoms with Gasteiger partial charge in [-0.1, -0.05) is 27.7 Å². The molecule has 3 heteroatoms. The summed E-state index contributed by atoms with van der Waals surface area (Å²) in [4.78, 5) is 9.20. The molecule has 1 N–H and O–H groups in total. The van der Waals surface area contributed by atoms with Gasteiger partial charge in [-0.2, -0.15) is 0 Å². The Morgan fingerprint density at radius 2 is 1.56 bits per heavy atom. The molecule has 0 fully saturated rings. The SMILES string of the molecule is CNCCc1nc(C(C)C)cc(C(C)C)n1. The normalized spacial score (nSPS) is 11.4. The van der Waals surface area contributed by atoms with Gasteiger partial charge in [0.15, 0.2) is 0 Å². The molecule has 0 saturated carbocycles. The van der Waals surface area contributed by atoms with Crippen molar-refractivity contribution >= 4 is 0 Å². The molecule has 1 heterocycles. The Balaban J connectivity index is 2.99. The summed E-state index contributed by atoms with van der Waals surface area (Å²) >= 11 is 0. The lowest BCUT2D eigenvalue weighted by Crippen LogP contribution is -2.14. The van der Waals surface area contributed by atoms with Crippen LogP contribution >= 0.6 is 0 Å². The van der Waals surface area contributed by atoms with E-state index in [1.807, 2.05) is 7.05 Å². The molecule has 0 unspecified atom stereocenters. The number of hydrogen-bond donors (Lipinski definition) is 1. The van der Waals surface area contributed by atoms with Crippen molar-refractivity contribution in [2.45, 2.75) is 46.0 Å². The maximum absolute atomic E-state index is 4.60. The van der Waals surface area contributed by atoms with Gasteiger partial charge in [-0.3, -0.25) is 0 Å². The molecular formula is C13H23N3. The fourth-order valence-corrected chi connectivity index (χ4v) is 1.48. The second-order valence-electron chi connectivity index (χ2n) is 4.80. The number of likely N-dealkylation sites (N-methyl/N-ethyl adjacent to an activating group) is 1. The van der Waals surface area contributed by atoms with Crippen LogP contribution in [0.25, 0.3) is 0 Å². The lowest BCUT2D eigenvalue weighted by molar-refractivity contribution is 0.702. The molecule has 0 aliphatic heterocycles. The molecular weight excluding hydrogens is 198 g/mol. The Bertz CT molecular complexity index is 306. The fraction of sp³-hybridized carbons (Fsp3) is 0.692. The van der Waals surface area contributed by atoms with Gasteiger partial charge in [0.05, 0.1) is 0 Å². The van der Waals surface area contributed by atoms with E-state index in [1.54, 1.807) is 0 Å². The van der Waals surface area contributed by atoms with Crippen molar-refractivity contribution in [1.82, 2.24) is 15.3 Å². The molecule has 0 bridgehead atoms. The van der Waals surface area contributed by atoms with Gasteiger partial charge < -0.3 is 5.32 Å². The van der Waals surface area contributed by atoms with Crippen LogP contribution in [0.4, 0.5) is 0 Å². The largest absolute Gasteiger partial charge is 0.319 e. The van der Waals surface area contributed by atoms with Crippen LogP contribution in [0.1, 0.15) is 56.7 Å². The predicted octanol–water partition coefficient (Wildman–Crippen LogP) is 2.49. The molecule has 1 aromatic rings. The summed E-state index contributed by atoms with van der Waals surface area (Å²) in [6.07, 6.45) is 0.900. The van der Waals surface area contributed by atoms with Crippen LogP contribution in [0.5, 0.6) is 0 Å². The first-order valence-corrected chi connectivity index (χ1v) is 6.07. The minimum absolute atomic E-state index is 0.467. The zero-order valence-corrected chi connectivity index (χ0v) is 11.0. The molecule has 0 aliphatic rings. The minimum atomic E-state index is 0.467. The van der Waals surface area contributed by atoms with Gasteiger partial charge in [0, 0.05) is 24.4 Å². The predicted molar refractivity (Wildman–Crippen MR) is 67.8 cm³/mol. The van der Waals surface area contributed by atoms with E-state index in [4.69, 9.17) is 0 Å². The van der Waals surface area contributed by atoms with E-state index in [0.717, 1.165) is 30.2 Å². The van der Waals surface area contributed by atoms with E-state index in [1.165, 1.54) is 0 Å². The molecule has 0 spiro atoms. The second kappa shape index (κ2) is 5.94. The summed E-state index contributed by atoms with van der Waals surface area (Å²) in [5, 5.41) is 3.13. The molecule has 1 aromatic heterocycles. The van der Waals surface area contributed by atoms with Crippen molar-refractivity contribution in [2.75, 3.05) is 13.6 Å². The standard InChI is InChI=1S/C13H23N3/c1-9(2)11-8-12(10(3)4)16-13(15-11)6-7-14-5/h8-10,14H,6-7H2,1-5H3. The molecule has 0 amide bonds. The average molecular weight is 221 g/mol. The molecule has 0 aromatic carbocycles. The first kappa shape index (κ1) is 13.1. The maximum atomic E-state index is 4.60. The fourth-order valence-electron chi connectivity index (χ4n) is 1.48. The van der Waals surface area contributed by atoms with Crippen LogP contribution in [-0.2, 0) is 6.42 Å². The summed E-state index contributed by atoms with van der Waals surface area (Å²) in [6, 6.07) is 2.14. The third kappa shape index (κ3) is 3.56. The maximum Gasteiger partial charge on any atom is 0.130 e. The highest BCUT2D eigenvalue weighted by Crippen LogP contribution is 2.18. The molecule has 0 saturated heterocycles. The summed E-state index contributed by atoms with van der Waals surface area (Å²) in [6.45, 7) is 9.63. The van der Waals surface area contributed by atoms with Crippen LogP contribution in [0.15, 0.2) is 6.07 Å². The summed E-state index contributed by atoms with van der Waals surface area (Å²) < 4.78 is 0. The second-order valence-corrected chi connectivity index (χ2v) is 4.80. The van der Waals surface area contributed by atoms with Crippen LogP contribution < -0.4 is 5.32 Å². The zero-order chi connectivity index (χ0) is 12.1. The number of aromatic nitrogens is 2. The van der Waals surface area contributed by atoms with Crippen molar-refractivity contribution in [3.05, 3.63) is 23.3 Å². The van der Waals surface area contributed by atoms with Gasteiger partial charge in [0.2, 0.25) is 0 Å². The zero-order valence-electron chi connectivity index (χ0n) is 11.0. The Labute approximate surface area is 98.7 Å². The molecule has 0 atom stereocenters. The molecule has 0 radical (unpaired) electrons. The first-order chi connectivity index (χ1) is 7.54. The van der Waals surface area contributed by atoms with Gasteiger partial charge in [0.25, 0.3) is 0 Å². The van der Waals surface area contributed by atoms with E-state index in [9.17, 15) is 0 Å². The molecule has 0 aliphatic carbocycles. The van der Waals surface area contributed by atoms with Crippen molar-refractivity contribution in [3.8, 4) is 0 Å². The Morgan fingerprint density at radius 1 is 1.06 bits per heavy atom. The lowest BCUT2D eigenvalue weighted by Gasteiger charge is -2.12. The first-order valence-electron chi connectivity index (χ1n) is 6.07. The van der Waals surface area contributed by atoms with E-state index in [2.05, 4.69) is 49.0 Å². The van der Waals surface area contributed by atoms with Crippen LogP contribution in [-0.4, -0.2) is 23.6 Å². The van der Waals surface area contributed by atoms with Crippen molar-refractivity contribution in [1.29, 1.82) is 0 Å². The van der Waals surface area contributed by atoms with Crippen molar-refractivity contribution in [2.24, 2.45) is 0 Å². The monoisotopic (exact) mass is 221 g/mol. The van der Waals surface area contributed by atoms with Gasteiger partial charge in [-0.05, 0) is 24.9 Å². The quantitative estimate of drug-likeness (QED) is 0.830. The minimum Gasteiger partial charge on any atom is -0.319 e. The summed E-state index contributed by atoms with van der Waals surface area (Å²) in [5.41, 5.74) is 2.31. The molecule has 1 rings (SSSR count). The topological polar surface area (TPSA) is 37.8 Å². The highest BCUT2D eigenvalue weighted by atomic mass is 14.9. The van der Waals surface area contributed by atoms with Gasteiger partial charge in [-0.25, -0.2) is 9.97 Å². The molecule has 90 valence electrons. The van der Waals surface area contributed by atoms with E-state index >= 15 is 0 Å².